The van der Waals surface area contributed by atoms with Crippen molar-refractivity contribution in [3.05, 3.63) is 11.6 Å². The van der Waals surface area contributed by atoms with E-state index in [1.807, 2.05) is 6.92 Å². The Kier molecular flexibility index (Phi) is 4.53. The molecule has 0 amide bonds. The van der Waals surface area contributed by atoms with E-state index >= 15 is 0 Å². The summed E-state index contributed by atoms with van der Waals surface area (Å²) >= 11 is 0. The van der Waals surface area contributed by atoms with E-state index in [-0.39, 0.29) is 18.2 Å². The number of rotatable bonds is 2. The number of carbonyl (C=O) groups excluding carboxylic acids is 1. The summed E-state index contributed by atoms with van der Waals surface area (Å²) in [6.07, 6.45) is 11.8. The first-order valence-electron chi connectivity index (χ1n) is 10.8. The molecule has 0 bridgehead atoms. The van der Waals surface area contributed by atoms with Gasteiger partial charge in [0.2, 0.25) is 0 Å². The molecule has 3 heteroatoms. The fourth-order valence-electron chi connectivity index (χ4n) is 7.80. The van der Waals surface area contributed by atoms with Crippen LogP contribution in [-0.2, 0) is 9.53 Å². The molecule has 0 spiro atoms. The summed E-state index contributed by atoms with van der Waals surface area (Å²) in [5.41, 5.74) is 2.18. The van der Waals surface area contributed by atoms with Gasteiger partial charge in [-0.05, 0) is 86.4 Å². The lowest BCUT2D eigenvalue weighted by Gasteiger charge is -2.58. The highest BCUT2D eigenvalue weighted by atomic mass is 16.5. The molecule has 146 valence electrons. The molecule has 0 aliphatic heterocycles. The van der Waals surface area contributed by atoms with Gasteiger partial charge in [-0.2, -0.15) is 0 Å². The van der Waals surface area contributed by atoms with Crippen molar-refractivity contribution in [1.82, 2.24) is 0 Å². The van der Waals surface area contributed by atoms with Crippen LogP contribution < -0.4 is 0 Å². The molecule has 0 radical (unpaired) electrons. The summed E-state index contributed by atoms with van der Waals surface area (Å²) in [5.74, 6) is 2.65. The quantitative estimate of drug-likeness (QED) is 0.564. The normalized spacial score (nSPS) is 48.7. The van der Waals surface area contributed by atoms with Gasteiger partial charge in [0, 0.05) is 13.3 Å². The first kappa shape index (κ1) is 18.5. The molecule has 8 atom stereocenters. The molecule has 0 heterocycles. The van der Waals surface area contributed by atoms with Crippen LogP contribution in [0.25, 0.3) is 0 Å². The van der Waals surface area contributed by atoms with E-state index in [1.54, 1.807) is 5.57 Å². The zero-order valence-electron chi connectivity index (χ0n) is 17.0. The predicted molar refractivity (Wildman–Crippen MR) is 102 cm³/mol. The van der Waals surface area contributed by atoms with Gasteiger partial charge in [0.15, 0.2) is 0 Å². The summed E-state index contributed by atoms with van der Waals surface area (Å²) in [7, 11) is 0. The van der Waals surface area contributed by atoms with E-state index in [9.17, 15) is 9.90 Å². The van der Waals surface area contributed by atoms with Crippen LogP contribution in [0, 0.1) is 34.5 Å². The largest absolute Gasteiger partial charge is 0.462 e. The minimum absolute atomic E-state index is 0.0864. The van der Waals surface area contributed by atoms with Crippen LogP contribution >= 0.6 is 0 Å². The van der Waals surface area contributed by atoms with Gasteiger partial charge in [-0.25, -0.2) is 0 Å². The van der Waals surface area contributed by atoms with Gasteiger partial charge >= 0.3 is 5.97 Å². The monoisotopic (exact) mass is 360 g/mol. The molecule has 2 unspecified atom stereocenters. The zero-order valence-corrected chi connectivity index (χ0v) is 17.0. The van der Waals surface area contributed by atoms with Crippen molar-refractivity contribution in [2.24, 2.45) is 34.5 Å². The van der Waals surface area contributed by atoms with Gasteiger partial charge in [0.1, 0.15) is 6.10 Å². The number of hydrogen-bond donors (Lipinski definition) is 1. The van der Waals surface area contributed by atoms with Crippen LogP contribution in [0.4, 0.5) is 0 Å². The highest BCUT2D eigenvalue weighted by molar-refractivity contribution is 5.66. The fourth-order valence-corrected chi connectivity index (χ4v) is 7.80. The zero-order chi connectivity index (χ0) is 18.7. The van der Waals surface area contributed by atoms with Crippen LogP contribution in [0.3, 0.4) is 0 Å². The van der Waals surface area contributed by atoms with Crippen molar-refractivity contribution in [3.63, 3.8) is 0 Å². The summed E-state index contributed by atoms with van der Waals surface area (Å²) in [4.78, 5) is 11.4. The molecule has 3 nitrogen and oxygen atoms in total. The summed E-state index contributed by atoms with van der Waals surface area (Å²) in [6, 6.07) is 0. The minimum atomic E-state index is -0.175. The Bertz CT molecular complexity index is 609. The van der Waals surface area contributed by atoms with Crippen molar-refractivity contribution in [2.45, 2.75) is 91.3 Å². The van der Waals surface area contributed by atoms with Crippen molar-refractivity contribution in [2.75, 3.05) is 0 Å². The maximum absolute atomic E-state index is 11.4. The van der Waals surface area contributed by atoms with E-state index in [0.29, 0.717) is 16.7 Å². The molecule has 0 aromatic heterocycles. The van der Waals surface area contributed by atoms with E-state index in [0.717, 1.165) is 37.0 Å². The van der Waals surface area contributed by atoms with Crippen LogP contribution in [0.1, 0.15) is 79.1 Å². The van der Waals surface area contributed by atoms with Gasteiger partial charge in [-0.15, -0.1) is 0 Å². The molecular formula is C23H36O3. The maximum Gasteiger partial charge on any atom is 0.302 e. The summed E-state index contributed by atoms with van der Waals surface area (Å²) < 4.78 is 5.54. The maximum atomic E-state index is 11.4. The molecule has 3 fully saturated rings. The van der Waals surface area contributed by atoms with Crippen molar-refractivity contribution in [3.8, 4) is 0 Å². The topological polar surface area (TPSA) is 46.5 Å². The van der Waals surface area contributed by atoms with E-state index in [4.69, 9.17) is 4.74 Å². The molecule has 0 aromatic rings. The van der Waals surface area contributed by atoms with Crippen LogP contribution in [0.2, 0.25) is 0 Å². The average molecular weight is 361 g/mol. The number of carbonyl (C=O) groups is 1. The molecule has 4 aliphatic carbocycles. The molecule has 3 saturated carbocycles. The van der Waals surface area contributed by atoms with Crippen LogP contribution in [-0.4, -0.2) is 23.3 Å². The van der Waals surface area contributed by atoms with E-state index in [2.05, 4.69) is 19.9 Å². The number of hydrogen-bond acceptors (Lipinski definition) is 3. The van der Waals surface area contributed by atoms with Gasteiger partial charge in [0.05, 0.1) is 6.10 Å². The smallest absolute Gasteiger partial charge is 0.302 e. The Hall–Kier alpha value is -0.830. The van der Waals surface area contributed by atoms with Gasteiger partial charge < -0.3 is 9.84 Å². The number of allylic oxidation sites excluding steroid dienone is 1. The summed E-state index contributed by atoms with van der Waals surface area (Å²) in [6.45, 7) is 8.49. The van der Waals surface area contributed by atoms with E-state index < -0.39 is 0 Å². The number of ether oxygens (including phenoxy) is 1. The molecule has 0 aromatic carbocycles. The van der Waals surface area contributed by atoms with Crippen molar-refractivity contribution in [1.29, 1.82) is 0 Å². The number of aliphatic hydroxyl groups is 1. The van der Waals surface area contributed by atoms with E-state index in [1.165, 1.54) is 39.0 Å². The highest BCUT2D eigenvalue weighted by Crippen LogP contribution is 2.66. The lowest BCUT2D eigenvalue weighted by molar-refractivity contribution is -0.148. The first-order chi connectivity index (χ1) is 12.3. The van der Waals surface area contributed by atoms with Crippen molar-refractivity contribution < 1.29 is 14.6 Å². The van der Waals surface area contributed by atoms with Crippen LogP contribution in [0.15, 0.2) is 11.6 Å². The Morgan fingerprint density at radius 1 is 1.19 bits per heavy atom. The van der Waals surface area contributed by atoms with Crippen molar-refractivity contribution >= 4 is 5.97 Å². The molecule has 0 saturated heterocycles. The number of aliphatic hydroxyl groups excluding tert-OH is 1. The molecule has 1 N–H and O–H groups in total. The lowest BCUT2D eigenvalue weighted by Crippen LogP contribution is -2.51. The third-order valence-corrected chi connectivity index (χ3v) is 9.05. The SMILES string of the molecule is CC(=O)OC1CC[C@@]2(C)C(=CC[C@H]3[C@@H]4CC[C@H](C(C)O)[C@@]4(C)CC[C@@H]32)C1. The van der Waals surface area contributed by atoms with Gasteiger partial charge in [-0.1, -0.05) is 25.5 Å². The highest BCUT2D eigenvalue weighted by Gasteiger charge is 2.59. The second-order valence-electron chi connectivity index (χ2n) is 10.2. The molecule has 4 rings (SSSR count). The first-order valence-corrected chi connectivity index (χ1v) is 10.8. The van der Waals surface area contributed by atoms with Gasteiger partial charge in [-0.3, -0.25) is 4.79 Å². The van der Waals surface area contributed by atoms with Gasteiger partial charge in [0.25, 0.3) is 0 Å². The lowest BCUT2D eigenvalue weighted by atomic mass is 9.47. The second kappa shape index (κ2) is 6.36. The standard InChI is InChI=1S/C23H36O3/c1-14(24)19-7-8-20-18-6-5-16-13-17(26-15(2)25)9-11-22(16,3)21(18)10-12-23(19,20)4/h5,14,17-21,24H,6-13H2,1-4H3/t14?,17?,18-,19+,20-,21-,22-,23+/m0/s1. The Balaban J connectivity index is 1.58. The minimum Gasteiger partial charge on any atom is -0.462 e. The summed E-state index contributed by atoms with van der Waals surface area (Å²) in [5, 5.41) is 10.3. The molecule has 4 aliphatic rings. The second-order valence-corrected chi connectivity index (χ2v) is 10.2. The average Bonchev–Trinajstić information content (AvgIpc) is 2.92. The Morgan fingerprint density at radius 3 is 2.65 bits per heavy atom. The third-order valence-electron chi connectivity index (χ3n) is 9.05. The number of esters is 1. The fraction of sp³-hybridized carbons (Fsp3) is 0.870. The molecule has 26 heavy (non-hydrogen) atoms. The number of fused-ring (bicyclic) bond motifs is 5. The molecular weight excluding hydrogens is 324 g/mol. The predicted octanol–water partition coefficient (Wildman–Crippen LogP) is 4.88. The van der Waals surface area contributed by atoms with Crippen LogP contribution in [0.5, 0.6) is 0 Å². The Labute approximate surface area is 158 Å². The third kappa shape index (κ3) is 2.68. The Morgan fingerprint density at radius 2 is 1.96 bits per heavy atom.